The first kappa shape index (κ1) is 18.9. The molecule has 0 spiro atoms. The lowest BCUT2D eigenvalue weighted by atomic mass is 10.0. The summed E-state index contributed by atoms with van der Waals surface area (Å²) in [6.45, 7) is 0. The Balaban J connectivity index is 0.000000190. The van der Waals surface area contributed by atoms with Gasteiger partial charge in [0.05, 0.1) is 5.56 Å². The van der Waals surface area contributed by atoms with Crippen LogP contribution in [0.1, 0.15) is 26.3 Å². The lowest BCUT2D eigenvalue weighted by Gasteiger charge is -2.11. The molecule has 0 bridgehead atoms. The molecule has 0 amide bonds. The van der Waals surface area contributed by atoms with Gasteiger partial charge in [0.2, 0.25) is 0 Å². The van der Waals surface area contributed by atoms with Crippen molar-refractivity contribution in [2.24, 2.45) is 0 Å². The summed E-state index contributed by atoms with van der Waals surface area (Å²) in [4.78, 5) is 24.2. The molecule has 0 radical (unpaired) electrons. The average molecular weight is 347 g/mol. The van der Waals surface area contributed by atoms with Crippen LogP contribution >= 0.6 is 0 Å². The first-order valence-electron chi connectivity index (χ1n) is 8.14. The van der Waals surface area contributed by atoms with E-state index < -0.39 is 5.97 Å². The predicted molar refractivity (Wildman–Crippen MR) is 104 cm³/mol. The molecule has 0 aliphatic rings. The maximum atomic E-state index is 11.8. The highest BCUT2D eigenvalue weighted by molar-refractivity contribution is 6.08. The maximum absolute atomic E-state index is 11.8. The predicted octanol–water partition coefficient (Wildman–Crippen LogP) is 4.37. The second-order valence-electron chi connectivity index (χ2n) is 5.81. The minimum absolute atomic E-state index is 0.0752. The largest absolute Gasteiger partial charge is 0.478 e. The second-order valence-corrected chi connectivity index (χ2v) is 5.81. The van der Waals surface area contributed by atoms with Gasteiger partial charge < -0.3 is 10.0 Å². The molecule has 0 aliphatic carbocycles. The number of rotatable bonds is 4. The van der Waals surface area contributed by atoms with Crippen LogP contribution in [0.5, 0.6) is 0 Å². The van der Waals surface area contributed by atoms with Crippen LogP contribution in [0.4, 0.5) is 5.69 Å². The Kier molecular flexibility index (Phi) is 6.68. The maximum Gasteiger partial charge on any atom is 0.335 e. The van der Waals surface area contributed by atoms with E-state index in [2.05, 4.69) is 0 Å². The molecule has 3 rings (SSSR count). The van der Waals surface area contributed by atoms with Crippen molar-refractivity contribution < 1.29 is 14.7 Å². The standard InChI is InChI=1S/C13H10O.C9H11NO2/c14-13(11-7-3-1-4-8-11)12-9-5-2-6-10-12;1-10(2)8-5-3-7(4-6-8)9(11)12/h1-10H;3-6H,1-2H3,(H,11,12). The summed E-state index contributed by atoms with van der Waals surface area (Å²) in [5.74, 6) is -0.813. The van der Waals surface area contributed by atoms with Gasteiger partial charge in [0.1, 0.15) is 0 Å². The molecule has 0 saturated heterocycles. The minimum atomic E-state index is -0.889. The van der Waals surface area contributed by atoms with E-state index in [9.17, 15) is 9.59 Å². The molecule has 0 fully saturated rings. The van der Waals surface area contributed by atoms with E-state index in [-0.39, 0.29) is 5.78 Å². The molecule has 26 heavy (non-hydrogen) atoms. The normalized spacial score (nSPS) is 9.62. The number of aromatic carboxylic acids is 1. The average Bonchev–Trinajstić information content (AvgIpc) is 2.69. The van der Waals surface area contributed by atoms with Crippen LogP contribution in [-0.2, 0) is 0 Å². The van der Waals surface area contributed by atoms with Crippen molar-refractivity contribution in [3.8, 4) is 0 Å². The molecule has 0 heterocycles. The highest BCUT2D eigenvalue weighted by Gasteiger charge is 2.06. The van der Waals surface area contributed by atoms with E-state index in [4.69, 9.17) is 5.11 Å². The fourth-order valence-electron chi connectivity index (χ4n) is 2.25. The van der Waals surface area contributed by atoms with Crippen molar-refractivity contribution in [2.75, 3.05) is 19.0 Å². The second kappa shape index (κ2) is 9.18. The van der Waals surface area contributed by atoms with Gasteiger partial charge in [-0.25, -0.2) is 4.79 Å². The number of carbonyl (C=O) groups excluding carboxylic acids is 1. The van der Waals surface area contributed by atoms with Gasteiger partial charge in [0, 0.05) is 30.9 Å². The Morgan fingerprint density at radius 3 is 1.42 bits per heavy atom. The highest BCUT2D eigenvalue weighted by Crippen LogP contribution is 2.11. The van der Waals surface area contributed by atoms with Crippen LogP contribution in [-0.4, -0.2) is 31.0 Å². The summed E-state index contributed by atoms with van der Waals surface area (Å²) in [6.07, 6.45) is 0. The third-order valence-corrected chi connectivity index (χ3v) is 3.70. The molecule has 4 nitrogen and oxygen atoms in total. The fourth-order valence-corrected chi connectivity index (χ4v) is 2.25. The van der Waals surface area contributed by atoms with Gasteiger partial charge in [0.15, 0.2) is 5.78 Å². The van der Waals surface area contributed by atoms with Gasteiger partial charge in [-0.3, -0.25) is 4.79 Å². The zero-order valence-electron chi connectivity index (χ0n) is 14.8. The first-order chi connectivity index (χ1) is 12.5. The highest BCUT2D eigenvalue weighted by atomic mass is 16.4. The molecule has 4 heteroatoms. The smallest absolute Gasteiger partial charge is 0.335 e. The number of benzene rings is 3. The number of nitrogens with zero attached hydrogens (tertiary/aromatic N) is 1. The van der Waals surface area contributed by atoms with E-state index in [1.54, 1.807) is 24.3 Å². The number of carboxylic acids is 1. The van der Waals surface area contributed by atoms with Crippen LogP contribution in [0, 0.1) is 0 Å². The van der Waals surface area contributed by atoms with Crippen LogP contribution in [0.15, 0.2) is 84.9 Å². The number of hydrogen-bond acceptors (Lipinski definition) is 3. The Morgan fingerprint density at radius 2 is 1.08 bits per heavy atom. The van der Waals surface area contributed by atoms with Crippen LogP contribution in [0.2, 0.25) is 0 Å². The van der Waals surface area contributed by atoms with Crippen molar-refractivity contribution >= 4 is 17.4 Å². The van der Waals surface area contributed by atoms with Crippen LogP contribution in [0.3, 0.4) is 0 Å². The van der Waals surface area contributed by atoms with Crippen LogP contribution < -0.4 is 4.90 Å². The molecular formula is C22H21NO3. The zero-order valence-corrected chi connectivity index (χ0v) is 14.8. The Morgan fingerprint density at radius 1 is 0.654 bits per heavy atom. The summed E-state index contributed by atoms with van der Waals surface area (Å²) < 4.78 is 0. The van der Waals surface area contributed by atoms with Crippen LogP contribution in [0.25, 0.3) is 0 Å². The number of ketones is 1. The van der Waals surface area contributed by atoms with Gasteiger partial charge >= 0.3 is 5.97 Å². The Hall–Kier alpha value is -3.40. The molecule has 0 unspecified atom stereocenters. The lowest BCUT2D eigenvalue weighted by molar-refractivity contribution is 0.0696. The van der Waals surface area contributed by atoms with E-state index in [1.165, 1.54) is 0 Å². The van der Waals surface area contributed by atoms with Gasteiger partial charge in [-0.2, -0.15) is 0 Å². The fraction of sp³-hybridized carbons (Fsp3) is 0.0909. The van der Waals surface area contributed by atoms with Crippen molar-refractivity contribution in [1.29, 1.82) is 0 Å². The third-order valence-electron chi connectivity index (χ3n) is 3.70. The molecule has 132 valence electrons. The van der Waals surface area contributed by atoms with E-state index in [1.807, 2.05) is 79.7 Å². The number of carbonyl (C=O) groups is 2. The molecule has 0 atom stereocenters. The molecule has 0 aliphatic heterocycles. The van der Waals surface area contributed by atoms with Gasteiger partial charge in [-0.05, 0) is 24.3 Å². The third kappa shape index (κ3) is 5.31. The summed E-state index contributed by atoms with van der Waals surface area (Å²) in [5, 5.41) is 8.60. The molecular weight excluding hydrogens is 326 g/mol. The van der Waals surface area contributed by atoms with E-state index in [0.717, 1.165) is 16.8 Å². The van der Waals surface area contributed by atoms with Crippen molar-refractivity contribution in [3.63, 3.8) is 0 Å². The van der Waals surface area contributed by atoms with Gasteiger partial charge in [0.25, 0.3) is 0 Å². The van der Waals surface area contributed by atoms with Gasteiger partial charge in [-0.15, -0.1) is 0 Å². The SMILES string of the molecule is CN(C)c1ccc(C(=O)O)cc1.O=C(c1ccccc1)c1ccccc1. The minimum Gasteiger partial charge on any atom is -0.478 e. The number of hydrogen-bond donors (Lipinski definition) is 1. The topological polar surface area (TPSA) is 57.6 Å². The van der Waals surface area contributed by atoms with Crippen molar-refractivity contribution in [2.45, 2.75) is 0 Å². The van der Waals surface area contributed by atoms with Gasteiger partial charge in [-0.1, -0.05) is 60.7 Å². The zero-order chi connectivity index (χ0) is 18.9. The molecule has 3 aromatic carbocycles. The molecule has 3 aromatic rings. The molecule has 0 saturated carbocycles. The quantitative estimate of drug-likeness (QED) is 0.712. The summed E-state index contributed by atoms with van der Waals surface area (Å²) in [6, 6.07) is 25.4. The van der Waals surface area contributed by atoms with E-state index >= 15 is 0 Å². The molecule has 1 N–H and O–H groups in total. The Labute approximate surface area is 153 Å². The van der Waals surface area contributed by atoms with Crippen molar-refractivity contribution in [1.82, 2.24) is 0 Å². The number of carboxylic acid groups (broad SMARTS) is 1. The van der Waals surface area contributed by atoms with Crippen molar-refractivity contribution in [3.05, 3.63) is 102 Å². The lowest BCUT2D eigenvalue weighted by Crippen LogP contribution is -2.08. The molecule has 0 aromatic heterocycles. The summed E-state index contributed by atoms with van der Waals surface area (Å²) in [5.41, 5.74) is 2.79. The monoisotopic (exact) mass is 347 g/mol. The summed E-state index contributed by atoms with van der Waals surface area (Å²) in [7, 11) is 3.82. The summed E-state index contributed by atoms with van der Waals surface area (Å²) >= 11 is 0. The Bertz CT molecular complexity index is 800. The van der Waals surface area contributed by atoms with E-state index in [0.29, 0.717) is 5.56 Å². The number of anilines is 1. The first-order valence-corrected chi connectivity index (χ1v) is 8.14.